The second-order valence-electron chi connectivity index (χ2n) is 5.53. The Morgan fingerprint density at radius 1 is 1.59 bits per heavy atom. The van der Waals surface area contributed by atoms with Crippen LogP contribution < -0.4 is 4.74 Å². The molecule has 1 amide bonds. The van der Waals surface area contributed by atoms with Gasteiger partial charge in [-0.25, -0.2) is 4.98 Å². The minimum atomic E-state index is 0.0606. The zero-order valence-electron chi connectivity index (χ0n) is 12.8. The Bertz CT molecular complexity index is 649. The Kier molecular flexibility index (Phi) is 4.13. The normalized spacial score (nSPS) is 17.9. The summed E-state index contributed by atoms with van der Waals surface area (Å²) in [5, 5.41) is 3.74. The molecule has 0 saturated carbocycles. The highest BCUT2D eigenvalue weighted by Crippen LogP contribution is 2.30. The Morgan fingerprint density at radius 2 is 2.45 bits per heavy atom. The summed E-state index contributed by atoms with van der Waals surface area (Å²) >= 11 is 0. The molecule has 1 atom stereocenters. The maximum Gasteiger partial charge on any atom is 0.254 e. The topological polar surface area (TPSA) is 84.2 Å². The van der Waals surface area contributed by atoms with Crippen molar-refractivity contribution in [1.82, 2.24) is 20.0 Å². The highest BCUT2D eigenvalue weighted by atomic mass is 16.5. The maximum absolute atomic E-state index is 12.5. The van der Waals surface area contributed by atoms with Crippen molar-refractivity contribution in [1.29, 1.82) is 0 Å². The summed E-state index contributed by atoms with van der Waals surface area (Å²) in [6, 6.07) is 1.77. The molecule has 1 fully saturated rings. The third-order valence-electron chi connectivity index (χ3n) is 3.94. The number of imidazole rings is 1. The zero-order valence-corrected chi connectivity index (χ0v) is 12.8. The van der Waals surface area contributed by atoms with Crippen LogP contribution >= 0.6 is 0 Å². The molecule has 0 aliphatic carbocycles. The first-order valence-electron chi connectivity index (χ1n) is 7.48. The molecule has 7 heteroatoms. The van der Waals surface area contributed by atoms with Crippen molar-refractivity contribution in [2.24, 2.45) is 0 Å². The average Bonchev–Trinajstić information content (AvgIpc) is 3.24. The van der Waals surface area contributed by atoms with Crippen LogP contribution in [0.5, 0.6) is 5.88 Å². The van der Waals surface area contributed by atoms with Crippen LogP contribution in [0.15, 0.2) is 16.8 Å². The summed E-state index contributed by atoms with van der Waals surface area (Å²) in [5.74, 6) is 2.10. The molecule has 1 aliphatic rings. The van der Waals surface area contributed by atoms with Crippen LogP contribution in [-0.4, -0.2) is 39.6 Å². The molecule has 2 aromatic heterocycles. The van der Waals surface area contributed by atoms with Gasteiger partial charge in [-0.3, -0.25) is 4.79 Å². The number of carbonyl (C=O) groups excluding carboxylic acids is 1. The van der Waals surface area contributed by atoms with Crippen molar-refractivity contribution in [3.8, 4) is 5.88 Å². The fourth-order valence-corrected chi connectivity index (χ4v) is 2.83. The first kappa shape index (κ1) is 14.6. The van der Waals surface area contributed by atoms with Crippen LogP contribution in [0.2, 0.25) is 0 Å². The van der Waals surface area contributed by atoms with Crippen molar-refractivity contribution < 1.29 is 14.1 Å². The van der Waals surface area contributed by atoms with Gasteiger partial charge in [-0.15, -0.1) is 0 Å². The van der Waals surface area contributed by atoms with Gasteiger partial charge >= 0.3 is 0 Å². The predicted octanol–water partition coefficient (Wildman–Crippen LogP) is 2.01. The Hall–Kier alpha value is -2.31. The van der Waals surface area contributed by atoms with Crippen LogP contribution in [-0.2, 0) is 11.2 Å². The molecular formula is C15H20N4O3. The number of carbonyl (C=O) groups is 1. The lowest BCUT2D eigenvalue weighted by molar-refractivity contribution is -0.132. The summed E-state index contributed by atoms with van der Waals surface area (Å²) in [6.45, 7) is 2.75. The van der Waals surface area contributed by atoms with Crippen molar-refractivity contribution in [3.05, 3.63) is 29.5 Å². The summed E-state index contributed by atoms with van der Waals surface area (Å²) in [5.41, 5.74) is 1.02. The second-order valence-corrected chi connectivity index (χ2v) is 5.53. The number of likely N-dealkylation sites (tertiary alicyclic amines) is 1. The number of H-pyrrole nitrogens is 1. The molecule has 3 heterocycles. The average molecular weight is 304 g/mol. The van der Waals surface area contributed by atoms with Gasteiger partial charge in [-0.2, -0.15) is 0 Å². The molecule has 0 radical (unpaired) electrons. The van der Waals surface area contributed by atoms with E-state index in [0.29, 0.717) is 24.5 Å². The molecule has 0 unspecified atom stereocenters. The molecule has 0 bridgehead atoms. The number of hydrogen-bond acceptors (Lipinski definition) is 5. The molecule has 22 heavy (non-hydrogen) atoms. The smallest absolute Gasteiger partial charge is 0.254 e. The summed E-state index contributed by atoms with van der Waals surface area (Å²) in [6.07, 6.45) is 4.68. The predicted molar refractivity (Wildman–Crippen MR) is 78.4 cm³/mol. The first-order chi connectivity index (χ1) is 10.7. The van der Waals surface area contributed by atoms with Gasteiger partial charge in [0.2, 0.25) is 5.91 Å². The van der Waals surface area contributed by atoms with Gasteiger partial charge in [0.1, 0.15) is 11.6 Å². The van der Waals surface area contributed by atoms with Crippen molar-refractivity contribution in [2.45, 2.75) is 38.6 Å². The van der Waals surface area contributed by atoms with E-state index in [-0.39, 0.29) is 11.9 Å². The lowest BCUT2D eigenvalue weighted by atomic mass is 10.2. The lowest BCUT2D eigenvalue weighted by Gasteiger charge is -2.23. The second kappa shape index (κ2) is 6.21. The molecule has 118 valence electrons. The van der Waals surface area contributed by atoms with Crippen LogP contribution in [0.1, 0.15) is 42.6 Å². The van der Waals surface area contributed by atoms with E-state index in [1.165, 1.54) is 7.11 Å². The van der Waals surface area contributed by atoms with Gasteiger partial charge in [-0.1, -0.05) is 0 Å². The lowest BCUT2D eigenvalue weighted by Crippen LogP contribution is -2.31. The quantitative estimate of drug-likeness (QED) is 0.913. The van der Waals surface area contributed by atoms with E-state index in [4.69, 9.17) is 9.26 Å². The van der Waals surface area contributed by atoms with Crippen molar-refractivity contribution in [2.75, 3.05) is 13.7 Å². The molecule has 1 saturated heterocycles. The SMILES string of the molecule is COc1cc(CCC(=O)N2CCC[C@@H]2c2ncc(C)[nH]2)on1. The van der Waals surface area contributed by atoms with E-state index >= 15 is 0 Å². The molecule has 0 aromatic carbocycles. The molecule has 1 aliphatic heterocycles. The van der Waals surface area contributed by atoms with Gasteiger partial charge in [0.25, 0.3) is 5.88 Å². The summed E-state index contributed by atoms with van der Waals surface area (Å²) in [7, 11) is 1.53. The molecule has 2 aromatic rings. The summed E-state index contributed by atoms with van der Waals surface area (Å²) in [4.78, 5) is 22.0. The number of nitrogens with zero attached hydrogens (tertiary/aromatic N) is 3. The largest absolute Gasteiger partial charge is 0.479 e. The van der Waals surface area contributed by atoms with Crippen LogP contribution in [0, 0.1) is 6.92 Å². The Labute approximate surface area is 128 Å². The van der Waals surface area contributed by atoms with E-state index < -0.39 is 0 Å². The molecular weight excluding hydrogens is 284 g/mol. The number of amides is 1. The van der Waals surface area contributed by atoms with Crippen LogP contribution in [0.3, 0.4) is 0 Å². The number of ether oxygens (including phenoxy) is 1. The van der Waals surface area contributed by atoms with Gasteiger partial charge in [0, 0.05) is 37.3 Å². The van der Waals surface area contributed by atoms with Crippen LogP contribution in [0.4, 0.5) is 0 Å². The van der Waals surface area contributed by atoms with Gasteiger partial charge in [0.05, 0.1) is 13.2 Å². The number of hydrogen-bond donors (Lipinski definition) is 1. The van der Waals surface area contributed by atoms with Crippen molar-refractivity contribution in [3.63, 3.8) is 0 Å². The fraction of sp³-hybridized carbons (Fsp3) is 0.533. The van der Waals surface area contributed by atoms with E-state index in [1.807, 2.05) is 11.8 Å². The van der Waals surface area contributed by atoms with Crippen molar-refractivity contribution >= 4 is 5.91 Å². The van der Waals surface area contributed by atoms with E-state index in [1.54, 1.807) is 12.3 Å². The van der Waals surface area contributed by atoms with Crippen LogP contribution in [0.25, 0.3) is 0 Å². The van der Waals surface area contributed by atoms with E-state index in [2.05, 4.69) is 15.1 Å². The highest BCUT2D eigenvalue weighted by Gasteiger charge is 2.31. The first-order valence-corrected chi connectivity index (χ1v) is 7.48. The van der Waals surface area contributed by atoms with Gasteiger partial charge in [-0.05, 0) is 24.9 Å². The highest BCUT2D eigenvalue weighted by molar-refractivity contribution is 5.77. The number of aromatic amines is 1. The number of methoxy groups -OCH3 is 1. The maximum atomic E-state index is 12.5. The third kappa shape index (κ3) is 2.98. The molecule has 7 nitrogen and oxygen atoms in total. The minimum Gasteiger partial charge on any atom is -0.479 e. The third-order valence-corrected chi connectivity index (χ3v) is 3.94. The Morgan fingerprint density at radius 3 is 3.14 bits per heavy atom. The standard InChI is InChI=1S/C15H20N4O3/c1-10-9-16-15(17-10)12-4-3-7-19(12)14(20)6-5-11-8-13(21-2)18-22-11/h8-9,12H,3-7H2,1-2H3,(H,16,17)/t12-/m1/s1. The zero-order chi connectivity index (χ0) is 15.5. The number of aryl methyl sites for hydroxylation is 2. The number of nitrogens with one attached hydrogen (secondary N) is 1. The number of aromatic nitrogens is 3. The molecule has 0 spiro atoms. The van der Waals surface area contributed by atoms with Gasteiger partial charge < -0.3 is 19.1 Å². The molecule has 1 N–H and O–H groups in total. The minimum absolute atomic E-state index is 0.0606. The van der Waals surface area contributed by atoms with Gasteiger partial charge in [0.15, 0.2) is 0 Å². The Balaban J connectivity index is 1.61. The summed E-state index contributed by atoms with van der Waals surface area (Å²) < 4.78 is 10.1. The molecule has 3 rings (SSSR count). The number of rotatable bonds is 5. The fourth-order valence-electron chi connectivity index (χ4n) is 2.83. The van der Waals surface area contributed by atoms with E-state index in [0.717, 1.165) is 30.9 Å². The van der Waals surface area contributed by atoms with E-state index in [9.17, 15) is 4.79 Å². The monoisotopic (exact) mass is 304 g/mol.